The number of alkyl halides is 2. The fourth-order valence-corrected chi connectivity index (χ4v) is 3.45. The van der Waals surface area contributed by atoms with Gasteiger partial charge in [-0.05, 0) is 55.1 Å². The molecule has 0 fully saturated rings. The highest BCUT2D eigenvalue weighted by atomic mass is 19.3. The number of nitrogens with zero attached hydrogens (tertiary/aromatic N) is 5. The van der Waals surface area contributed by atoms with Crippen molar-refractivity contribution in [1.82, 2.24) is 19.1 Å². The van der Waals surface area contributed by atoms with Crippen LogP contribution in [-0.2, 0) is 0 Å². The quantitative estimate of drug-likeness (QED) is 0.444. The van der Waals surface area contributed by atoms with E-state index in [0.717, 1.165) is 16.9 Å². The van der Waals surface area contributed by atoms with Crippen LogP contribution < -0.4 is 16.7 Å². The largest absolute Gasteiger partial charge is 0.405 e. The van der Waals surface area contributed by atoms with Gasteiger partial charge in [0.05, 0.1) is 22.8 Å². The van der Waals surface area contributed by atoms with E-state index >= 15 is 0 Å². The van der Waals surface area contributed by atoms with Crippen molar-refractivity contribution < 1.29 is 8.78 Å². The molecule has 0 bridgehead atoms. The average Bonchev–Trinajstić information content (AvgIpc) is 3.22. The van der Waals surface area contributed by atoms with Crippen molar-refractivity contribution >= 4 is 11.4 Å². The van der Waals surface area contributed by atoms with Crippen molar-refractivity contribution in [3.8, 4) is 11.4 Å². The summed E-state index contributed by atoms with van der Waals surface area (Å²) in [5.41, 5.74) is 7.14. The molecule has 0 saturated heterocycles. The summed E-state index contributed by atoms with van der Waals surface area (Å²) in [5.74, 6) is 0. The lowest BCUT2D eigenvalue weighted by atomic mass is 10.1. The highest BCUT2D eigenvalue weighted by molar-refractivity contribution is 6.08. The summed E-state index contributed by atoms with van der Waals surface area (Å²) in [6, 6.07) is 16.2. The molecule has 2 heterocycles. The number of nitrogens with two attached hydrogens (primary N) is 1. The third kappa shape index (κ3) is 4.46. The molecule has 0 aliphatic heterocycles. The number of halogens is 2. The van der Waals surface area contributed by atoms with E-state index in [9.17, 15) is 18.4 Å². The Morgan fingerprint density at radius 1 is 1.06 bits per heavy atom. The second-order valence-corrected chi connectivity index (χ2v) is 7.26. The summed E-state index contributed by atoms with van der Waals surface area (Å²) in [6.45, 7) is -1.12. The number of hydrogen-bond donors (Lipinski definition) is 1. The molecule has 2 N–H and O–H groups in total. The van der Waals surface area contributed by atoms with E-state index in [1.165, 1.54) is 35.3 Å². The van der Waals surface area contributed by atoms with Gasteiger partial charge in [0.2, 0.25) is 5.43 Å². The Balaban J connectivity index is 1.79. The summed E-state index contributed by atoms with van der Waals surface area (Å²) in [6.07, 6.45) is 5.29. The zero-order chi connectivity index (χ0) is 24.2. The second kappa shape index (κ2) is 9.49. The first-order valence-corrected chi connectivity index (χ1v) is 10.2. The molecule has 0 amide bonds. The molecule has 0 unspecified atom stereocenters. The van der Waals surface area contributed by atoms with Crippen LogP contribution >= 0.6 is 0 Å². The fraction of sp³-hybridized carbons (Fsp3) is 0.0833. The fourth-order valence-electron chi connectivity index (χ4n) is 3.45. The number of hydrogen-bond acceptors (Lipinski definition) is 5. The minimum atomic E-state index is -2.87. The topological polar surface area (TPSA) is 100 Å². The van der Waals surface area contributed by atoms with Crippen molar-refractivity contribution in [2.75, 3.05) is 0 Å². The Bertz CT molecular complexity index is 1500. The second-order valence-electron chi connectivity index (χ2n) is 7.26. The minimum absolute atomic E-state index is 0.0827. The molecule has 4 aromatic rings. The standard InChI is InChI=1S/C24H20F2N6O2/c1-16-15-18(32-22(34)11-14-31(32)24(25)26)7-8-20(16)30-13-10-21(33)23(29-30)19(9-12-27)28-17-5-3-2-4-6-17/h2-15,24H,27H2,1H3. The van der Waals surface area contributed by atoms with E-state index in [0.29, 0.717) is 21.6 Å². The number of benzene rings is 2. The van der Waals surface area contributed by atoms with Gasteiger partial charge in [0.15, 0.2) is 5.69 Å². The molecule has 0 saturated carbocycles. The number of rotatable bonds is 6. The van der Waals surface area contributed by atoms with Crippen LogP contribution in [0.3, 0.4) is 0 Å². The Hall–Kier alpha value is -4.60. The van der Waals surface area contributed by atoms with E-state index in [1.54, 1.807) is 31.2 Å². The molecule has 0 spiro atoms. The van der Waals surface area contributed by atoms with Crippen LogP contribution in [0.2, 0.25) is 0 Å². The molecule has 2 aromatic heterocycles. The SMILES string of the molecule is Cc1cc(-n2c(=O)ccn2C(F)F)ccc1-n1ccc(=O)c(C(C=CN)=Nc2ccccc2)n1. The van der Waals surface area contributed by atoms with E-state index in [1.807, 2.05) is 18.2 Å². The zero-order valence-corrected chi connectivity index (χ0v) is 18.0. The maximum Gasteiger partial charge on any atom is 0.332 e. The lowest BCUT2D eigenvalue weighted by Gasteiger charge is -2.14. The van der Waals surface area contributed by atoms with Crippen LogP contribution in [0.1, 0.15) is 17.8 Å². The van der Waals surface area contributed by atoms with Crippen molar-refractivity contribution in [2.45, 2.75) is 13.5 Å². The van der Waals surface area contributed by atoms with Crippen molar-refractivity contribution in [3.63, 3.8) is 0 Å². The first-order valence-electron chi connectivity index (χ1n) is 10.2. The summed E-state index contributed by atoms with van der Waals surface area (Å²) >= 11 is 0. The van der Waals surface area contributed by atoms with Gasteiger partial charge in [-0.25, -0.2) is 19.0 Å². The number of allylic oxidation sites excluding steroid dienone is 1. The maximum absolute atomic E-state index is 13.3. The molecular weight excluding hydrogens is 442 g/mol. The number of aliphatic imine (C=N–C) groups is 1. The molecule has 172 valence electrons. The predicted octanol–water partition coefficient (Wildman–Crippen LogP) is 3.48. The molecule has 4 rings (SSSR count). The maximum atomic E-state index is 13.3. The third-order valence-electron chi connectivity index (χ3n) is 4.99. The van der Waals surface area contributed by atoms with E-state index in [-0.39, 0.29) is 22.5 Å². The summed E-state index contributed by atoms with van der Waals surface area (Å²) in [7, 11) is 0. The van der Waals surface area contributed by atoms with Gasteiger partial charge in [0.1, 0.15) is 0 Å². The Kier molecular flexibility index (Phi) is 6.30. The van der Waals surface area contributed by atoms with Gasteiger partial charge in [-0.3, -0.25) is 9.59 Å². The zero-order valence-electron chi connectivity index (χ0n) is 18.0. The Labute approximate surface area is 192 Å². The van der Waals surface area contributed by atoms with Gasteiger partial charge in [-0.1, -0.05) is 18.2 Å². The van der Waals surface area contributed by atoms with Gasteiger partial charge in [-0.15, -0.1) is 0 Å². The first kappa shape index (κ1) is 22.6. The Morgan fingerprint density at radius 2 is 1.82 bits per heavy atom. The van der Waals surface area contributed by atoms with Gasteiger partial charge in [-0.2, -0.15) is 13.9 Å². The third-order valence-corrected chi connectivity index (χ3v) is 4.99. The summed E-state index contributed by atoms with van der Waals surface area (Å²) in [5, 5.41) is 4.45. The van der Waals surface area contributed by atoms with Crippen LogP contribution in [-0.4, -0.2) is 24.9 Å². The van der Waals surface area contributed by atoms with Gasteiger partial charge in [0.25, 0.3) is 5.56 Å². The minimum Gasteiger partial charge on any atom is -0.405 e. The van der Waals surface area contributed by atoms with E-state index in [4.69, 9.17) is 5.73 Å². The van der Waals surface area contributed by atoms with Crippen molar-refractivity contribution in [3.05, 3.63) is 117 Å². The van der Waals surface area contributed by atoms with Crippen LogP contribution in [0.4, 0.5) is 14.5 Å². The monoisotopic (exact) mass is 462 g/mol. The molecular formula is C24H20F2N6O2. The van der Waals surface area contributed by atoms with Crippen LogP contribution in [0.25, 0.3) is 11.4 Å². The van der Waals surface area contributed by atoms with Gasteiger partial charge >= 0.3 is 6.55 Å². The Morgan fingerprint density at radius 3 is 2.50 bits per heavy atom. The molecule has 2 aromatic carbocycles. The highest BCUT2D eigenvalue weighted by Crippen LogP contribution is 2.19. The lowest BCUT2D eigenvalue weighted by Crippen LogP contribution is -2.22. The van der Waals surface area contributed by atoms with Crippen molar-refractivity contribution in [1.29, 1.82) is 0 Å². The first-order chi connectivity index (χ1) is 16.4. The van der Waals surface area contributed by atoms with Crippen LogP contribution in [0.5, 0.6) is 0 Å². The van der Waals surface area contributed by atoms with Crippen LogP contribution in [0.15, 0.2) is 99.9 Å². The summed E-state index contributed by atoms with van der Waals surface area (Å²) in [4.78, 5) is 29.2. The number of aromatic nitrogens is 4. The van der Waals surface area contributed by atoms with Gasteiger partial charge < -0.3 is 5.73 Å². The molecule has 0 aliphatic carbocycles. The summed E-state index contributed by atoms with van der Waals surface area (Å²) < 4.78 is 29.5. The van der Waals surface area contributed by atoms with Gasteiger partial charge in [0, 0.05) is 24.5 Å². The molecule has 8 nitrogen and oxygen atoms in total. The average molecular weight is 462 g/mol. The van der Waals surface area contributed by atoms with E-state index in [2.05, 4.69) is 10.1 Å². The molecule has 0 radical (unpaired) electrons. The highest BCUT2D eigenvalue weighted by Gasteiger charge is 2.15. The molecule has 34 heavy (non-hydrogen) atoms. The smallest absolute Gasteiger partial charge is 0.332 e. The predicted molar refractivity (Wildman–Crippen MR) is 125 cm³/mol. The lowest BCUT2D eigenvalue weighted by molar-refractivity contribution is 0.0487. The number of aryl methyl sites for hydroxylation is 1. The number of para-hydroxylation sites is 1. The molecule has 10 heteroatoms. The van der Waals surface area contributed by atoms with E-state index < -0.39 is 12.1 Å². The van der Waals surface area contributed by atoms with Crippen LogP contribution in [0, 0.1) is 6.92 Å². The van der Waals surface area contributed by atoms with Crippen molar-refractivity contribution in [2.24, 2.45) is 10.7 Å². The molecule has 0 atom stereocenters. The normalized spacial score (nSPS) is 12.1. The molecule has 0 aliphatic rings.